The summed E-state index contributed by atoms with van der Waals surface area (Å²) in [5.74, 6) is -0.648. The number of carbonyl (C=O) groups excluding carboxylic acids is 1. The summed E-state index contributed by atoms with van der Waals surface area (Å²) in [6.07, 6.45) is 3.07. The van der Waals surface area contributed by atoms with Crippen molar-refractivity contribution in [2.45, 2.75) is 19.8 Å². The number of thiazole rings is 1. The van der Waals surface area contributed by atoms with Gasteiger partial charge in [0, 0.05) is 12.1 Å². The van der Waals surface area contributed by atoms with E-state index < -0.39 is 17.3 Å². The van der Waals surface area contributed by atoms with E-state index in [4.69, 9.17) is 4.74 Å². The van der Waals surface area contributed by atoms with Crippen molar-refractivity contribution in [2.75, 3.05) is 13.7 Å². The maximum Gasteiger partial charge on any atom is 0.273 e. The monoisotopic (exact) mass is 451 g/mol. The van der Waals surface area contributed by atoms with E-state index in [0.717, 1.165) is 24.2 Å². The van der Waals surface area contributed by atoms with Crippen LogP contribution >= 0.6 is 11.3 Å². The molecule has 0 atom stereocenters. The molecule has 0 saturated heterocycles. The van der Waals surface area contributed by atoms with E-state index >= 15 is 0 Å². The molecule has 32 heavy (non-hydrogen) atoms. The molecule has 0 saturated carbocycles. The third-order valence-electron chi connectivity index (χ3n) is 4.71. The fourth-order valence-electron chi connectivity index (χ4n) is 3.08. The van der Waals surface area contributed by atoms with Gasteiger partial charge in [-0.3, -0.25) is 14.2 Å². The molecule has 0 radical (unpaired) electrons. The van der Waals surface area contributed by atoms with Crippen molar-refractivity contribution in [1.82, 2.24) is 9.88 Å². The van der Waals surface area contributed by atoms with E-state index in [0.29, 0.717) is 18.0 Å². The standard InChI is InChI=1S/C24H22FN3O3S/c1-3-4-13-27-22(29)17(15-26)24-28(19-11-7-8-12-20(19)31-2)23(30)21(32-24)14-16-9-5-6-10-18(16)25/h5-12,14H,3-4,13H2,1-2H3,(H,27,29)/b21-14-,24-17-. The van der Waals surface area contributed by atoms with Gasteiger partial charge in [-0.1, -0.05) is 43.7 Å². The van der Waals surface area contributed by atoms with Gasteiger partial charge in [0.15, 0.2) is 5.57 Å². The van der Waals surface area contributed by atoms with Gasteiger partial charge in [0.25, 0.3) is 11.5 Å². The molecule has 1 N–H and O–H groups in total. The van der Waals surface area contributed by atoms with E-state index in [2.05, 4.69) is 5.32 Å². The number of halogens is 1. The van der Waals surface area contributed by atoms with Crippen molar-refractivity contribution in [2.24, 2.45) is 0 Å². The molecule has 1 amide bonds. The van der Waals surface area contributed by atoms with Gasteiger partial charge in [-0.2, -0.15) is 5.26 Å². The number of rotatable bonds is 7. The molecule has 6 nitrogen and oxygen atoms in total. The SMILES string of the molecule is CCCCNC(=O)/C(C#N)=c1\s/c(=C\c2ccccc2F)c(=O)n1-c1ccccc1OC. The van der Waals surface area contributed by atoms with Crippen molar-refractivity contribution in [1.29, 1.82) is 5.26 Å². The first-order chi connectivity index (χ1) is 15.5. The van der Waals surface area contributed by atoms with Crippen molar-refractivity contribution in [3.63, 3.8) is 0 Å². The molecule has 0 unspecified atom stereocenters. The molecule has 3 aromatic rings. The Bertz CT molecular complexity index is 1350. The van der Waals surface area contributed by atoms with Crippen molar-refractivity contribution in [3.8, 4) is 17.5 Å². The van der Waals surface area contributed by atoms with Crippen LogP contribution in [0.1, 0.15) is 25.3 Å². The molecule has 0 aliphatic heterocycles. The number of nitriles is 1. The fourth-order valence-corrected chi connectivity index (χ4v) is 4.17. The molecule has 1 aromatic heterocycles. The molecule has 0 bridgehead atoms. The fraction of sp³-hybridized carbons (Fsp3) is 0.208. The second kappa shape index (κ2) is 10.6. The lowest BCUT2D eigenvalue weighted by atomic mass is 10.2. The maximum absolute atomic E-state index is 14.2. The summed E-state index contributed by atoms with van der Waals surface area (Å²) in [5.41, 5.74) is -0.0572. The summed E-state index contributed by atoms with van der Waals surface area (Å²) < 4.78 is 21.2. The third kappa shape index (κ3) is 4.79. The first kappa shape index (κ1) is 23.0. The van der Waals surface area contributed by atoms with Crippen LogP contribution in [0.25, 0.3) is 17.3 Å². The zero-order valence-electron chi connectivity index (χ0n) is 17.7. The second-order valence-electron chi connectivity index (χ2n) is 6.85. The molecule has 164 valence electrons. The van der Waals surface area contributed by atoms with E-state index in [1.54, 1.807) is 42.5 Å². The summed E-state index contributed by atoms with van der Waals surface area (Å²) in [6, 6.07) is 14.8. The number of nitrogens with zero attached hydrogens (tertiary/aromatic N) is 2. The van der Waals surface area contributed by atoms with Crippen LogP contribution < -0.4 is 24.8 Å². The number of methoxy groups -OCH3 is 1. The summed E-state index contributed by atoms with van der Waals surface area (Å²) >= 11 is 0.956. The van der Waals surface area contributed by atoms with Crippen LogP contribution in [0.4, 0.5) is 4.39 Å². The summed E-state index contributed by atoms with van der Waals surface area (Å²) in [6.45, 7) is 2.41. The first-order valence-corrected chi connectivity index (χ1v) is 10.9. The van der Waals surface area contributed by atoms with Crippen LogP contribution in [0, 0.1) is 17.1 Å². The number of carbonyl (C=O) groups is 1. The molecule has 0 aliphatic carbocycles. The predicted octanol–water partition coefficient (Wildman–Crippen LogP) is 2.47. The maximum atomic E-state index is 14.2. The van der Waals surface area contributed by atoms with Gasteiger partial charge in [-0.05, 0) is 30.7 Å². The number of hydrogen-bond acceptors (Lipinski definition) is 5. The number of benzene rings is 2. The Balaban J connectivity index is 2.36. The average Bonchev–Trinajstić information content (AvgIpc) is 3.11. The highest BCUT2D eigenvalue weighted by Gasteiger charge is 2.18. The normalized spacial score (nSPS) is 12.2. The van der Waals surface area contributed by atoms with Crippen molar-refractivity contribution in [3.05, 3.63) is 79.5 Å². The van der Waals surface area contributed by atoms with Crippen LogP contribution in [-0.4, -0.2) is 24.1 Å². The minimum atomic E-state index is -0.566. The van der Waals surface area contributed by atoms with Gasteiger partial charge in [0.05, 0.1) is 17.3 Å². The Hall–Kier alpha value is -3.70. The predicted molar refractivity (Wildman–Crippen MR) is 123 cm³/mol. The summed E-state index contributed by atoms with van der Waals surface area (Å²) in [7, 11) is 1.47. The van der Waals surface area contributed by atoms with Gasteiger partial charge >= 0.3 is 0 Å². The molecule has 0 spiro atoms. The topological polar surface area (TPSA) is 84.1 Å². The van der Waals surface area contributed by atoms with Crippen LogP contribution in [-0.2, 0) is 4.79 Å². The minimum Gasteiger partial charge on any atom is -0.495 e. The zero-order chi connectivity index (χ0) is 23.1. The molecular weight excluding hydrogens is 429 g/mol. The van der Waals surface area contributed by atoms with Crippen molar-refractivity contribution < 1.29 is 13.9 Å². The van der Waals surface area contributed by atoms with Crippen LogP contribution in [0.5, 0.6) is 5.75 Å². The van der Waals surface area contributed by atoms with Gasteiger partial charge in [-0.15, -0.1) is 11.3 Å². The van der Waals surface area contributed by atoms with E-state index in [9.17, 15) is 19.2 Å². The van der Waals surface area contributed by atoms with Gasteiger partial charge in [0.1, 0.15) is 22.3 Å². The largest absolute Gasteiger partial charge is 0.495 e. The highest BCUT2D eigenvalue weighted by atomic mass is 32.1. The Labute approximate surface area is 188 Å². The lowest BCUT2D eigenvalue weighted by Crippen LogP contribution is -2.34. The van der Waals surface area contributed by atoms with Gasteiger partial charge in [0.2, 0.25) is 0 Å². The van der Waals surface area contributed by atoms with Crippen LogP contribution in [0.2, 0.25) is 0 Å². The molecule has 1 heterocycles. The highest BCUT2D eigenvalue weighted by molar-refractivity contribution is 7.07. The second-order valence-corrected chi connectivity index (χ2v) is 7.88. The lowest BCUT2D eigenvalue weighted by Gasteiger charge is -2.09. The Kier molecular flexibility index (Phi) is 7.58. The molecule has 0 fully saturated rings. The number of amides is 1. The molecular formula is C24H22FN3O3S. The van der Waals surface area contributed by atoms with E-state index in [-0.39, 0.29) is 20.3 Å². The average molecular weight is 452 g/mol. The summed E-state index contributed by atoms with van der Waals surface area (Å²) in [4.78, 5) is 26.1. The zero-order valence-corrected chi connectivity index (χ0v) is 18.5. The Morgan fingerprint density at radius 1 is 1.25 bits per heavy atom. The number of para-hydroxylation sites is 2. The number of ether oxygens (including phenoxy) is 1. The Morgan fingerprint density at radius 2 is 1.97 bits per heavy atom. The van der Waals surface area contributed by atoms with Gasteiger partial charge in [-0.25, -0.2) is 4.39 Å². The number of nitrogens with one attached hydrogen (secondary N) is 1. The quantitative estimate of drug-likeness (QED) is 0.560. The highest BCUT2D eigenvalue weighted by Crippen LogP contribution is 2.19. The molecule has 2 aromatic carbocycles. The van der Waals surface area contributed by atoms with Gasteiger partial charge < -0.3 is 10.1 Å². The molecule has 3 rings (SSSR count). The van der Waals surface area contributed by atoms with Crippen LogP contribution in [0.3, 0.4) is 0 Å². The van der Waals surface area contributed by atoms with E-state index in [1.807, 2.05) is 13.0 Å². The number of aromatic nitrogens is 1. The van der Waals surface area contributed by atoms with Crippen LogP contribution in [0.15, 0.2) is 53.3 Å². The lowest BCUT2D eigenvalue weighted by molar-refractivity contribution is -0.115. The third-order valence-corrected chi connectivity index (χ3v) is 5.80. The smallest absolute Gasteiger partial charge is 0.273 e. The number of hydrogen-bond donors (Lipinski definition) is 1. The molecule has 0 aliphatic rings. The Morgan fingerprint density at radius 3 is 2.66 bits per heavy atom. The van der Waals surface area contributed by atoms with E-state index in [1.165, 1.54) is 23.8 Å². The minimum absolute atomic E-state index is 0.151. The molecule has 8 heteroatoms. The van der Waals surface area contributed by atoms with Crippen molar-refractivity contribution >= 4 is 28.9 Å². The summed E-state index contributed by atoms with van der Waals surface area (Å²) in [5, 5.41) is 12.5. The number of unbranched alkanes of at least 4 members (excludes halogenated alkanes) is 1. The first-order valence-electron chi connectivity index (χ1n) is 10.1.